The van der Waals surface area contributed by atoms with Crippen molar-refractivity contribution in [1.82, 2.24) is 48.8 Å². The fourth-order valence-electron chi connectivity index (χ4n) is 10.3. The number of imide groups is 1. The number of aryl methyl sites for hydroxylation is 2. The van der Waals surface area contributed by atoms with Crippen molar-refractivity contribution < 1.29 is 19.2 Å². The molecule has 3 aliphatic heterocycles. The molecule has 2 saturated heterocycles. The minimum atomic E-state index is -0.685. The van der Waals surface area contributed by atoms with Crippen LogP contribution in [0.2, 0.25) is 0 Å². The summed E-state index contributed by atoms with van der Waals surface area (Å²) in [5.41, 5.74) is 7.56. The zero-order valence-corrected chi connectivity index (χ0v) is 36.1. The number of H-pyrrole nitrogens is 1. The molecular weight excluding hydrogens is 785 g/mol. The van der Waals surface area contributed by atoms with E-state index in [1.54, 1.807) is 41.5 Å². The van der Waals surface area contributed by atoms with Crippen LogP contribution in [0.1, 0.15) is 90.5 Å². The largest absolute Gasteiger partial charge is 0.350 e. The molecule has 6 heterocycles. The van der Waals surface area contributed by atoms with E-state index < -0.39 is 11.9 Å². The van der Waals surface area contributed by atoms with Crippen LogP contribution in [0.25, 0.3) is 27.5 Å². The number of aromatic amines is 1. The van der Waals surface area contributed by atoms with Crippen LogP contribution in [0.4, 0.5) is 0 Å². The number of nitrogens with zero attached hydrogens (tertiary/aromatic N) is 8. The second-order valence-electron chi connectivity index (χ2n) is 17.9. The molecule has 4 amide bonds. The first-order valence-corrected chi connectivity index (χ1v) is 22.3. The predicted octanol–water partition coefficient (Wildman–Crippen LogP) is 4.29. The number of hydrogen-bond donors (Lipinski definition) is 2. The average molecular weight is 843 g/mol. The van der Waals surface area contributed by atoms with Gasteiger partial charge in [-0.05, 0) is 103 Å². The van der Waals surface area contributed by atoms with Gasteiger partial charge in [-0.2, -0.15) is 5.10 Å². The first-order chi connectivity index (χ1) is 30.0. The molecule has 62 heavy (non-hydrogen) atoms. The molecule has 4 aliphatic rings. The molecule has 1 saturated carbocycles. The molecule has 1 atom stereocenters. The number of piperidine rings is 1. The Bertz CT molecular complexity index is 2580. The Hall–Kier alpha value is -5.80. The van der Waals surface area contributed by atoms with Gasteiger partial charge in [-0.1, -0.05) is 18.2 Å². The maximum atomic E-state index is 13.3. The lowest BCUT2D eigenvalue weighted by atomic mass is 9.79. The van der Waals surface area contributed by atoms with Crippen molar-refractivity contribution in [2.45, 2.75) is 82.3 Å². The van der Waals surface area contributed by atoms with Crippen LogP contribution in [-0.4, -0.2) is 133 Å². The molecular formula is C47H58N10O5. The number of fused-ring (bicyclic) bond motifs is 2. The summed E-state index contributed by atoms with van der Waals surface area (Å²) in [5.74, 6) is -0.245. The van der Waals surface area contributed by atoms with Crippen LogP contribution in [0.3, 0.4) is 0 Å². The molecule has 9 rings (SSSR count). The van der Waals surface area contributed by atoms with Gasteiger partial charge in [0, 0.05) is 116 Å². The highest BCUT2D eigenvalue weighted by Crippen LogP contribution is 2.40. The van der Waals surface area contributed by atoms with Gasteiger partial charge < -0.3 is 19.7 Å². The summed E-state index contributed by atoms with van der Waals surface area (Å²) in [6, 6.07) is 14.4. The van der Waals surface area contributed by atoms with E-state index in [0.29, 0.717) is 55.6 Å². The number of benzene rings is 2. The quantitative estimate of drug-likeness (QED) is 0.187. The van der Waals surface area contributed by atoms with Crippen LogP contribution >= 0.6 is 0 Å². The Morgan fingerprint density at radius 2 is 1.71 bits per heavy atom. The minimum Gasteiger partial charge on any atom is -0.350 e. The summed E-state index contributed by atoms with van der Waals surface area (Å²) in [6.07, 6.45) is 13.0. The molecule has 5 aromatic rings. The van der Waals surface area contributed by atoms with Gasteiger partial charge in [0.05, 0.1) is 11.0 Å². The van der Waals surface area contributed by atoms with Crippen molar-refractivity contribution in [2.24, 2.45) is 7.05 Å². The van der Waals surface area contributed by atoms with Gasteiger partial charge in [0.1, 0.15) is 11.7 Å². The first-order valence-electron chi connectivity index (χ1n) is 22.3. The molecule has 15 nitrogen and oxygen atoms in total. The molecule has 3 fully saturated rings. The van der Waals surface area contributed by atoms with Crippen molar-refractivity contribution in [3.63, 3.8) is 0 Å². The third-order valence-electron chi connectivity index (χ3n) is 13.8. The second kappa shape index (κ2) is 17.5. The molecule has 2 N–H and O–H groups in total. The number of piperazine rings is 1. The number of carbonyl (C=O) groups excluding carboxylic acids is 4. The highest BCUT2D eigenvalue weighted by atomic mass is 16.2. The molecule has 326 valence electrons. The van der Waals surface area contributed by atoms with Crippen molar-refractivity contribution in [3.8, 4) is 0 Å². The van der Waals surface area contributed by atoms with Gasteiger partial charge in [0.25, 0.3) is 5.91 Å². The zero-order chi connectivity index (χ0) is 43.1. The number of hydrogen-bond acceptors (Lipinski definition) is 8. The SMILES string of the molecule is CN(C)C(=O)c1cc2c(C3CCC(N4CCN(CCc5ccc6c(c5)n(C)c(=O)n6C5CCC(=O)NC5=O)CC4)CC3)cc(C3=CCCN(C(=O)CCn4cccn4)C3)cc2[nH]1. The highest BCUT2D eigenvalue weighted by molar-refractivity contribution is 6.01. The molecule has 0 spiro atoms. The number of carbonyl (C=O) groups is 4. The smallest absolute Gasteiger partial charge is 0.329 e. The maximum absolute atomic E-state index is 13.3. The Kier molecular flexibility index (Phi) is 11.7. The molecule has 15 heteroatoms. The first kappa shape index (κ1) is 41.5. The van der Waals surface area contributed by atoms with Crippen LogP contribution in [0.5, 0.6) is 0 Å². The van der Waals surface area contributed by atoms with E-state index in [4.69, 9.17) is 0 Å². The average Bonchev–Trinajstić information content (AvgIpc) is 4.03. The van der Waals surface area contributed by atoms with E-state index >= 15 is 0 Å². The zero-order valence-electron chi connectivity index (χ0n) is 36.1. The van der Waals surface area contributed by atoms with Gasteiger partial charge >= 0.3 is 5.69 Å². The van der Waals surface area contributed by atoms with Gasteiger partial charge in [-0.25, -0.2) is 4.79 Å². The number of imidazole rings is 1. The molecule has 3 aromatic heterocycles. The van der Waals surface area contributed by atoms with Gasteiger partial charge in [0.15, 0.2) is 0 Å². The Balaban J connectivity index is 0.822. The summed E-state index contributed by atoms with van der Waals surface area (Å²) < 4.78 is 4.95. The normalized spacial score (nSPS) is 21.7. The lowest BCUT2D eigenvalue weighted by Gasteiger charge is -2.42. The summed E-state index contributed by atoms with van der Waals surface area (Å²) in [5, 5.41) is 7.76. The third-order valence-corrected chi connectivity index (χ3v) is 13.8. The van der Waals surface area contributed by atoms with Gasteiger partial charge in [0.2, 0.25) is 17.7 Å². The number of nitrogens with one attached hydrogen (secondary N) is 2. The summed E-state index contributed by atoms with van der Waals surface area (Å²) in [6.45, 7) is 6.89. The van der Waals surface area contributed by atoms with E-state index in [1.165, 1.54) is 10.1 Å². The Morgan fingerprint density at radius 3 is 2.45 bits per heavy atom. The highest BCUT2D eigenvalue weighted by Gasteiger charge is 2.33. The lowest BCUT2D eigenvalue weighted by molar-refractivity contribution is -0.136. The Morgan fingerprint density at radius 1 is 0.903 bits per heavy atom. The fourth-order valence-corrected chi connectivity index (χ4v) is 10.3. The second-order valence-corrected chi connectivity index (χ2v) is 17.9. The number of rotatable bonds is 11. The lowest BCUT2D eigenvalue weighted by Crippen LogP contribution is -2.51. The summed E-state index contributed by atoms with van der Waals surface area (Å²) >= 11 is 0. The van der Waals surface area contributed by atoms with E-state index in [0.717, 1.165) is 104 Å². The van der Waals surface area contributed by atoms with Gasteiger partial charge in [-0.15, -0.1) is 0 Å². The minimum absolute atomic E-state index is 0.0443. The molecule has 1 aliphatic carbocycles. The van der Waals surface area contributed by atoms with Crippen molar-refractivity contribution in [3.05, 3.63) is 93.8 Å². The molecule has 0 radical (unpaired) electrons. The molecule has 0 bridgehead atoms. The third kappa shape index (κ3) is 8.39. The predicted molar refractivity (Wildman–Crippen MR) is 238 cm³/mol. The van der Waals surface area contributed by atoms with Crippen molar-refractivity contribution in [1.29, 1.82) is 0 Å². The number of aromatic nitrogens is 5. The number of amides is 4. The topological polar surface area (TPSA) is 154 Å². The van der Waals surface area contributed by atoms with E-state index in [2.05, 4.69) is 55.5 Å². The molecule has 2 aromatic carbocycles. The van der Waals surface area contributed by atoms with Crippen molar-refractivity contribution >= 4 is 51.1 Å². The van der Waals surface area contributed by atoms with E-state index in [9.17, 15) is 24.0 Å². The molecule has 1 unspecified atom stereocenters. The van der Waals surface area contributed by atoms with Crippen LogP contribution in [0.15, 0.2) is 65.7 Å². The van der Waals surface area contributed by atoms with Gasteiger partial charge in [-0.3, -0.25) is 43.2 Å². The standard InChI is InChI=1S/C47H58N10O5/c1-51(2)46(61)39-29-37-36(27-34(28-38(37)49-39)33-6-4-18-55(30-33)44(59)16-21-56-19-5-17-48-56)32-8-10-35(11-9-32)54-24-22-53(23-25-54)20-15-31-7-12-40-42(26-31)52(3)47(62)57(40)41-13-14-43(58)50-45(41)60/h5-7,12,17,19,26-29,32,35,41,49H,4,8-11,13-16,18,20-25,30H2,1-3H3,(H,50,58,60). The Labute approximate surface area is 361 Å². The van der Waals surface area contributed by atoms with Crippen LogP contribution in [-0.2, 0) is 34.4 Å². The van der Waals surface area contributed by atoms with E-state index in [-0.39, 0.29) is 29.8 Å². The fraction of sp³-hybridized carbons (Fsp3) is 0.489. The van der Waals surface area contributed by atoms with Crippen LogP contribution in [0, 0.1) is 0 Å². The monoisotopic (exact) mass is 842 g/mol. The maximum Gasteiger partial charge on any atom is 0.329 e. The van der Waals surface area contributed by atoms with Crippen LogP contribution < -0.4 is 11.0 Å². The van der Waals surface area contributed by atoms with E-state index in [1.807, 2.05) is 29.3 Å². The summed E-state index contributed by atoms with van der Waals surface area (Å²) in [4.78, 5) is 76.3. The van der Waals surface area contributed by atoms with Crippen molar-refractivity contribution in [2.75, 3.05) is 59.9 Å². The summed E-state index contributed by atoms with van der Waals surface area (Å²) in [7, 11) is 5.31.